The molecule has 3 atom stereocenters. The fourth-order valence-corrected chi connectivity index (χ4v) is 3.41. The van der Waals surface area contributed by atoms with Crippen molar-refractivity contribution >= 4 is 11.9 Å². The fraction of sp³-hybridized carbons (Fsp3) is 0.846. The number of rotatable bonds is 4. The van der Waals surface area contributed by atoms with Gasteiger partial charge in [-0.15, -0.1) is 0 Å². The number of nitrogens with zero attached hydrogens (tertiary/aromatic N) is 1. The maximum absolute atomic E-state index is 11.8. The first-order valence-electron chi connectivity index (χ1n) is 7.18. The summed E-state index contributed by atoms with van der Waals surface area (Å²) in [6.45, 7) is 7.90. The van der Waals surface area contributed by atoms with Gasteiger partial charge in [-0.05, 0) is 38.3 Å². The van der Waals surface area contributed by atoms with E-state index in [1.807, 2.05) is 6.92 Å². The van der Waals surface area contributed by atoms with Crippen molar-refractivity contribution < 1.29 is 9.59 Å². The fourth-order valence-electron chi connectivity index (χ4n) is 3.41. The topological polar surface area (TPSA) is 73.5 Å². The third-order valence-electron chi connectivity index (χ3n) is 4.18. The highest BCUT2D eigenvalue weighted by Gasteiger charge is 2.43. The Morgan fingerprint density at radius 3 is 2.79 bits per heavy atom. The number of fused-ring (bicyclic) bond motifs is 1. The molecule has 0 bridgehead atoms. The molecule has 3 amide bonds. The summed E-state index contributed by atoms with van der Waals surface area (Å²) >= 11 is 0. The second-order valence-corrected chi connectivity index (χ2v) is 5.39. The molecule has 0 spiro atoms. The molecule has 0 aromatic rings. The largest absolute Gasteiger partial charge is 0.338 e. The maximum atomic E-state index is 11.8. The van der Waals surface area contributed by atoms with Crippen LogP contribution >= 0.6 is 0 Å². The molecule has 0 aliphatic carbocycles. The summed E-state index contributed by atoms with van der Waals surface area (Å²) < 4.78 is 0. The van der Waals surface area contributed by atoms with Crippen LogP contribution in [-0.4, -0.2) is 55.6 Å². The number of hydrogen-bond donors (Lipinski definition) is 3. The third-order valence-corrected chi connectivity index (χ3v) is 4.18. The van der Waals surface area contributed by atoms with Crippen molar-refractivity contribution in [1.29, 1.82) is 0 Å². The van der Waals surface area contributed by atoms with Gasteiger partial charge in [-0.3, -0.25) is 15.0 Å². The van der Waals surface area contributed by atoms with Crippen molar-refractivity contribution in [2.24, 2.45) is 11.8 Å². The third kappa shape index (κ3) is 3.25. The molecule has 3 N–H and O–H groups in total. The Morgan fingerprint density at radius 2 is 2.11 bits per heavy atom. The molecule has 0 saturated carbocycles. The van der Waals surface area contributed by atoms with Crippen molar-refractivity contribution in [2.45, 2.75) is 26.3 Å². The van der Waals surface area contributed by atoms with E-state index in [0.29, 0.717) is 31.0 Å². The molecule has 2 heterocycles. The molecule has 2 aliphatic rings. The summed E-state index contributed by atoms with van der Waals surface area (Å²) in [4.78, 5) is 25.4. The van der Waals surface area contributed by atoms with E-state index in [-0.39, 0.29) is 5.91 Å². The van der Waals surface area contributed by atoms with Gasteiger partial charge in [0.15, 0.2) is 0 Å². The van der Waals surface area contributed by atoms with Gasteiger partial charge in [-0.2, -0.15) is 0 Å². The van der Waals surface area contributed by atoms with Crippen LogP contribution in [0.5, 0.6) is 0 Å². The molecule has 108 valence electrons. The highest BCUT2D eigenvalue weighted by Crippen LogP contribution is 2.33. The Labute approximate surface area is 114 Å². The molecule has 0 aromatic heterocycles. The first-order valence-corrected chi connectivity index (χ1v) is 7.18. The number of urea groups is 1. The van der Waals surface area contributed by atoms with Crippen molar-refractivity contribution in [2.75, 3.05) is 32.7 Å². The smallest absolute Gasteiger partial charge is 0.321 e. The molecule has 0 radical (unpaired) electrons. The lowest BCUT2D eigenvalue weighted by Gasteiger charge is -2.25. The van der Waals surface area contributed by atoms with Crippen LogP contribution in [0.2, 0.25) is 0 Å². The zero-order valence-corrected chi connectivity index (χ0v) is 11.7. The zero-order valence-electron chi connectivity index (χ0n) is 11.7. The van der Waals surface area contributed by atoms with Gasteiger partial charge < -0.3 is 10.6 Å². The van der Waals surface area contributed by atoms with E-state index < -0.39 is 6.03 Å². The molecule has 19 heavy (non-hydrogen) atoms. The summed E-state index contributed by atoms with van der Waals surface area (Å²) in [6.07, 6.45) is 1.05. The van der Waals surface area contributed by atoms with Crippen LogP contribution in [0, 0.1) is 11.8 Å². The lowest BCUT2D eigenvalue weighted by atomic mass is 9.93. The van der Waals surface area contributed by atoms with Crippen molar-refractivity contribution in [3.05, 3.63) is 0 Å². The predicted molar refractivity (Wildman–Crippen MR) is 72.7 cm³/mol. The van der Waals surface area contributed by atoms with Gasteiger partial charge in [0.25, 0.3) is 0 Å². The molecule has 2 aliphatic heterocycles. The van der Waals surface area contributed by atoms with E-state index in [2.05, 4.69) is 27.8 Å². The number of hydrogen-bond acceptors (Lipinski definition) is 4. The van der Waals surface area contributed by atoms with E-state index in [1.165, 1.54) is 0 Å². The highest BCUT2D eigenvalue weighted by atomic mass is 16.2. The lowest BCUT2D eigenvalue weighted by molar-refractivity contribution is -0.121. The average molecular weight is 268 g/mol. The van der Waals surface area contributed by atoms with E-state index >= 15 is 0 Å². The van der Waals surface area contributed by atoms with Gasteiger partial charge in [0.1, 0.15) is 0 Å². The molecule has 2 saturated heterocycles. The summed E-state index contributed by atoms with van der Waals surface area (Å²) in [6, 6.07) is 0.0570. The van der Waals surface area contributed by atoms with E-state index in [1.54, 1.807) is 0 Å². The van der Waals surface area contributed by atoms with Crippen LogP contribution in [-0.2, 0) is 4.79 Å². The van der Waals surface area contributed by atoms with Gasteiger partial charge in [-0.1, -0.05) is 6.92 Å². The Balaban J connectivity index is 1.85. The summed E-state index contributed by atoms with van der Waals surface area (Å²) in [7, 11) is 0. The molecular weight excluding hydrogens is 244 g/mol. The second-order valence-electron chi connectivity index (χ2n) is 5.39. The minimum absolute atomic E-state index is 0.211. The van der Waals surface area contributed by atoms with Crippen LogP contribution in [0.1, 0.15) is 20.3 Å². The Kier molecular flexibility index (Phi) is 4.76. The van der Waals surface area contributed by atoms with E-state index in [9.17, 15) is 9.59 Å². The number of nitrogens with one attached hydrogen (secondary N) is 3. The van der Waals surface area contributed by atoms with Crippen LogP contribution in [0.15, 0.2) is 0 Å². The summed E-state index contributed by atoms with van der Waals surface area (Å²) in [5, 5.41) is 8.36. The number of amides is 3. The molecule has 2 rings (SSSR count). The monoisotopic (exact) mass is 268 g/mol. The Bertz CT molecular complexity index is 348. The van der Waals surface area contributed by atoms with Gasteiger partial charge >= 0.3 is 6.03 Å². The zero-order chi connectivity index (χ0) is 13.8. The Morgan fingerprint density at radius 1 is 1.32 bits per heavy atom. The second kappa shape index (κ2) is 6.34. The van der Waals surface area contributed by atoms with Crippen molar-refractivity contribution in [1.82, 2.24) is 20.9 Å². The van der Waals surface area contributed by atoms with Crippen LogP contribution in [0.3, 0.4) is 0 Å². The summed E-state index contributed by atoms with van der Waals surface area (Å²) in [5.74, 6) is 1.10. The SMILES string of the molecule is CCNC(=O)NC(=O)CN1CC2CNCC2C1CC. The number of carbonyl (C=O) groups is 2. The maximum Gasteiger partial charge on any atom is 0.321 e. The average Bonchev–Trinajstić information content (AvgIpc) is 2.88. The van der Waals surface area contributed by atoms with Crippen LogP contribution in [0.25, 0.3) is 0 Å². The number of likely N-dealkylation sites (tertiary alicyclic amines) is 1. The number of carbonyl (C=O) groups excluding carboxylic acids is 2. The molecule has 2 fully saturated rings. The molecule has 3 unspecified atom stereocenters. The number of imide groups is 1. The minimum atomic E-state index is -0.401. The molecule has 0 aromatic carbocycles. The lowest BCUT2D eigenvalue weighted by Crippen LogP contribution is -2.46. The molecular formula is C13H24N4O2. The van der Waals surface area contributed by atoms with Crippen molar-refractivity contribution in [3.8, 4) is 0 Å². The Hall–Kier alpha value is -1.14. The summed E-state index contributed by atoms with van der Waals surface area (Å²) in [5.41, 5.74) is 0. The van der Waals surface area contributed by atoms with Gasteiger partial charge in [0.05, 0.1) is 6.54 Å². The van der Waals surface area contributed by atoms with Gasteiger partial charge in [0, 0.05) is 19.1 Å². The highest BCUT2D eigenvalue weighted by molar-refractivity contribution is 5.95. The van der Waals surface area contributed by atoms with Crippen LogP contribution in [0.4, 0.5) is 4.79 Å². The van der Waals surface area contributed by atoms with Crippen molar-refractivity contribution in [3.63, 3.8) is 0 Å². The first kappa shape index (κ1) is 14.3. The van der Waals surface area contributed by atoms with E-state index in [0.717, 1.165) is 26.1 Å². The quantitative estimate of drug-likeness (QED) is 0.658. The molecule has 6 heteroatoms. The van der Waals surface area contributed by atoms with Crippen LogP contribution < -0.4 is 16.0 Å². The normalized spacial score (nSPS) is 30.1. The minimum Gasteiger partial charge on any atom is -0.338 e. The molecule has 6 nitrogen and oxygen atoms in total. The standard InChI is InChI=1S/C13H24N4O2/c1-3-11-10-6-14-5-9(10)7-17(11)8-12(18)16-13(19)15-4-2/h9-11,14H,3-8H2,1-2H3,(H2,15,16,18,19). The first-order chi connectivity index (χ1) is 9.15. The van der Waals surface area contributed by atoms with Gasteiger partial charge in [0.2, 0.25) is 5.91 Å². The van der Waals surface area contributed by atoms with E-state index in [4.69, 9.17) is 0 Å². The predicted octanol–water partition coefficient (Wildman–Crippen LogP) is -0.238. The van der Waals surface area contributed by atoms with Gasteiger partial charge in [-0.25, -0.2) is 4.79 Å².